The quantitative estimate of drug-likeness (QED) is 0.710. The summed E-state index contributed by atoms with van der Waals surface area (Å²) < 4.78 is 5.10. The molecule has 6 nitrogen and oxygen atoms in total. The van der Waals surface area contributed by atoms with Gasteiger partial charge in [0, 0.05) is 24.3 Å². The fraction of sp³-hybridized carbons (Fsp3) is 0.652. The number of anilines is 1. The average molecular weight is 399 g/mol. The third-order valence-electron chi connectivity index (χ3n) is 8.79. The Morgan fingerprint density at radius 3 is 2.79 bits per heavy atom. The molecule has 3 heterocycles. The van der Waals surface area contributed by atoms with Gasteiger partial charge in [0.1, 0.15) is 0 Å². The van der Waals surface area contributed by atoms with Gasteiger partial charge in [0.25, 0.3) is 0 Å². The lowest BCUT2D eigenvalue weighted by Crippen LogP contribution is -2.67. The van der Waals surface area contributed by atoms with Gasteiger partial charge in [-0.3, -0.25) is 14.5 Å². The van der Waals surface area contributed by atoms with Crippen molar-refractivity contribution >= 4 is 17.6 Å². The number of ether oxygens (including phenoxy) is 1. The normalized spacial score (nSPS) is 43.4. The number of esters is 1. The molecule has 3 fully saturated rings. The largest absolute Gasteiger partial charge is 0.469 e. The predicted molar refractivity (Wildman–Crippen MR) is 108 cm³/mol. The molecule has 2 saturated heterocycles. The summed E-state index contributed by atoms with van der Waals surface area (Å²) in [4.78, 5) is 28.6. The Morgan fingerprint density at radius 2 is 2.03 bits per heavy atom. The van der Waals surface area contributed by atoms with Crippen molar-refractivity contribution in [3.05, 3.63) is 29.8 Å². The van der Waals surface area contributed by atoms with Gasteiger partial charge in [0.2, 0.25) is 5.91 Å². The minimum atomic E-state index is -0.683. The van der Waals surface area contributed by atoms with Crippen molar-refractivity contribution in [2.75, 3.05) is 25.5 Å². The van der Waals surface area contributed by atoms with E-state index in [1.807, 2.05) is 18.2 Å². The van der Waals surface area contributed by atoms with E-state index in [0.717, 1.165) is 37.2 Å². The molecule has 1 aromatic rings. The monoisotopic (exact) mass is 398 g/mol. The first kappa shape index (κ1) is 19.1. The molecule has 1 spiro atoms. The van der Waals surface area contributed by atoms with Crippen molar-refractivity contribution in [2.45, 2.75) is 56.6 Å². The Morgan fingerprint density at radius 1 is 1.28 bits per heavy atom. The maximum Gasteiger partial charge on any atom is 0.311 e. The standard InChI is InChI=1S/C23H30N2O4/c1-21-9-8-17(26)18(19(27)29-3)15(21)12-22(2)23(10-11-25(22)13-21)14-6-4-5-7-16(14)24-20(23)28/h4-7,15,17-18,26H,8-13H2,1-3H3,(H,24,28)/t15?,17-,18+,21-,22-,23+/m0/s1. The van der Waals surface area contributed by atoms with Crippen molar-refractivity contribution in [3.63, 3.8) is 0 Å². The number of piperidine rings is 1. The third-order valence-corrected chi connectivity index (χ3v) is 8.79. The molecular weight excluding hydrogens is 368 g/mol. The number of benzene rings is 1. The topological polar surface area (TPSA) is 78.9 Å². The first-order valence-corrected chi connectivity index (χ1v) is 10.7. The molecule has 1 amide bonds. The lowest BCUT2D eigenvalue weighted by Gasteiger charge is -2.60. The number of hydrogen-bond donors (Lipinski definition) is 2. The molecular formula is C23H30N2O4. The second-order valence-corrected chi connectivity index (χ2v) is 9.97. The maximum atomic E-state index is 13.4. The second kappa shape index (κ2) is 6.05. The van der Waals surface area contributed by atoms with Crippen LogP contribution in [0.15, 0.2) is 24.3 Å². The van der Waals surface area contributed by atoms with E-state index in [2.05, 4.69) is 30.1 Å². The van der Waals surface area contributed by atoms with E-state index in [9.17, 15) is 14.7 Å². The molecule has 1 aromatic carbocycles. The van der Waals surface area contributed by atoms with Crippen molar-refractivity contribution in [1.82, 2.24) is 4.90 Å². The number of hydrogen-bond acceptors (Lipinski definition) is 5. The van der Waals surface area contributed by atoms with Gasteiger partial charge in [-0.15, -0.1) is 0 Å². The third kappa shape index (κ3) is 2.24. The van der Waals surface area contributed by atoms with Crippen LogP contribution >= 0.6 is 0 Å². The Labute approximate surface area is 171 Å². The number of amides is 1. The highest BCUT2D eigenvalue weighted by atomic mass is 16.5. The highest BCUT2D eigenvalue weighted by Crippen LogP contribution is 2.62. The number of methoxy groups -OCH3 is 1. The zero-order valence-corrected chi connectivity index (χ0v) is 17.4. The molecule has 0 aromatic heterocycles. The van der Waals surface area contributed by atoms with E-state index >= 15 is 0 Å². The second-order valence-electron chi connectivity index (χ2n) is 9.97. The molecule has 1 unspecified atom stereocenters. The summed E-state index contributed by atoms with van der Waals surface area (Å²) in [6.45, 7) is 6.14. The first-order chi connectivity index (χ1) is 13.8. The molecule has 6 heteroatoms. The van der Waals surface area contributed by atoms with Crippen molar-refractivity contribution < 1.29 is 19.4 Å². The van der Waals surface area contributed by atoms with Crippen LogP contribution in [0.3, 0.4) is 0 Å². The fourth-order valence-electron chi connectivity index (χ4n) is 7.18. The molecule has 1 aliphatic carbocycles. The fourth-order valence-corrected chi connectivity index (χ4v) is 7.18. The zero-order chi connectivity index (χ0) is 20.6. The van der Waals surface area contributed by atoms with Gasteiger partial charge in [-0.1, -0.05) is 25.1 Å². The van der Waals surface area contributed by atoms with E-state index in [-0.39, 0.29) is 23.2 Å². The number of aliphatic hydroxyl groups excluding tert-OH is 1. The van der Waals surface area contributed by atoms with Crippen LogP contribution in [-0.2, 0) is 19.7 Å². The smallest absolute Gasteiger partial charge is 0.311 e. The van der Waals surface area contributed by atoms with E-state index in [1.54, 1.807) is 0 Å². The van der Waals surface area contributed by atoms with E-state index in [1.165, 1.54) is 7.11 Å². The number of carbonyl (C=O) groups is 2. The summed E-state index contributed by atoms with van der Waals surface area (Å²) in [5.74, 6) is -0.808. The van der Waals surface area contributed by atoms with Crippen LogP contribution in [0.5, 0.6) is 0 Å². The Bertz CT molecular complexity index is 887. The molecule has 1 saturated carbocycles. The van der Waals surface area contributed by atoms with Crippen LogP contribution < -0.4 is 5.32 Å². The first-order valence-electron chi connectivity index (χ1n) is 10.7. The lowest BCUT2D eigenvalue weighted by atomic mass is 9.52. The molecule has 6 atom stereocenters. The van der Waals surface area contributed by atoms with Crippen LogP contribution in [0.4, 0.5) is 5.69 Å². The van der Waals surface area contributed by atoms with Crippen LogP contribution in [0.25, 0.3) is 0 Å². The number of nitrogens with zero attached hydrogens (tertiary/aromatic N) is 1. The Balaban J connectivity index is 1.62. The Hall–Kier alpha value is -1.92. The summed E-state index contributed by atoms with van der Waals surface area (Å²) in [6, 6.07) is 8.00. The maximum absolute atomic E-state index is 13.4. The van der Waals surface area contributed by atoms with Gasteiger partial charge in [0.15, 0.2) is 0 Å². The number of nitrogens with one attached hydrogen (secondary N) is 1. The predicted octanol–water partition coefficient (Wildman–Crippen LogP) is 2.31. The van der Waals surface area contributed by atoms with Gasteiger partial charge < -0.3 is 15.2 Å². The SMILES string of the molecule is COC(=O)[C@@H]1C2C[C@]3(C)N(CC[C@@]34C(=O)Nc3ccccc34)C[C@]2(C)CC[C@@H]1O. The molecule has 0 radical (unpaired) electrons. The zero-order valence-electron chi connectivity index (χ0n) is 17.4. The lowest BCUT2D eigenvalue weighted by molar-refractivity contribution is -0.172. The Kier molecular flexibility index (Phi) is 3.98. The number of para-hydroxylation sites is 1. The summed E-state index contributed by atoms with van der Waals surface area (Å²) >= 11 is 0. The minimum Gasteiger partial charge on any atom is -0.469 e. The highest BCUT2D eigenvalue weighted by molar-refractivity contribution is 6.07. The average Bonchev–Trinajstić information content (AvgIpc) is 3.15. The van der Waals surface area contributed by atoms with Gasteiger partial charge >= 0.3 is 5.97 Å². The molecule has 3 aliphatic heterocycles. The molecule has 4 aliphatic rings. The van der Waals surface area contributed by atoms with Crippen LogP contribution in [-0.4, -0.2) is 53.7 Å². The number of rotatable bonds is 1. The van der Waals surface area contributed by atoms with Crippen LogP contribution in [0.2, 0.25) is 0 Å². The minimum absolute atomic E-state index is 0.0181. The summed E-state index contributed by atoms with van der Waals surface area (Å²) in [5.41, 5.74) is 0.884. The molecule has 5 rings (SSSR count). The summed E-state index contributed by atoms with van der Waals surface area (Å²) in [5, 5.41) is 13.8. The van der Waals surface area contributed by atoms with E-state index in [0.29, 0.717) is 12.8 Å². The van der Waals surface area contributed by atoms with E-state index in [4.69, 9.17) is 4.74 Å². The van der Waals surface area contributed by atoms with Crippen LogP contribution in [0.1, 0.15) is 45.1 Å². The highest BCUT2D eigenvalue weighted by Gasteiger charge is 2.69. The van der Waals surface area contributed by atoms with Crippen molar-refractivity contribution in [2.24, 2.45) is 17.3 Å². The van der Waals surface area contributed by atoms with Gasteiger partial charge in [-0.2, -0.15) is 0 Å². The van der Waals surface area contributed by atoms with Gasteiger partial charge in [0.05, 0.1) is 24.5 Å². The van der Waals surface area contributed by atoms with Crippen LogP contribution in [0, 0.1) is 17.3 Å². The van der Waals surface area contributed by atoms with Crippen molar-refractivity contribution in [1.29, 1.82) is 0 Å². The van der Waals surface area contributed by atoms with E-state index < -0.39 is 23.0 Å². The molecule has 0 bridgehead atoms. The van der Waals surface area contributed by atoms with Gasteiger partial charge in [-0.05, 0) is 55.6 Å². The van der Waals surface area contributed by atoms with Crippen molar-refractivity contribution in [3.8, 4) is 0 Å². The molecule has 2 N–H and O–H groups in total. The number of aliphatic hydroxyl groups is 1. The number of fused-ring (bicyclic) bond motifs is 5. The summed E-state index contributed by atoms with van der Waals surface area (Å²) in [6.07, 6.45) is 2.29. The molecule has 156 valence electrons. The number of carbonyl (C=O) groups excluding carboxylic acids is 2. The summed E-state index contributed by atoms with van der Waals surface area (Å²) in [7, 11) is 1.40. The van der Waals surface area contributed by atoms with Gasteiger partial charge in [-0.25, -0.2) is 0 Å². The molecule has 29 heavy (non-hydrogen) atoms.